The summed E-state index contributed by atoms with van der Waals surface area (Å²) in [4.78, 5) is 24.7. The largest absolute Gasteiger partial charge is 0.467 e. The Morgan fingerprint density at radius 1 is 1.35 bits per heavy atom. The summed E-state index contributed by atoms with van der Waals surface area (Å²) >= 11 is 0. The van der Waals surface area contributed by atoms with E-state index in [9.17, 15) is 18.0 Å². The standard InChI is InChI=1S/C18H28N2O5S/c1-11(2)8-14(15(21)25-5)19-16(22)20-10-13-9-12-6-7-18(13,17(12,3)4)26(20,23)24/h12-14H,1,6-10H2,2-5H3,(H,19,22)/t12-,13-,14?,18-/m0/s1. The number of hydrogen-bond donors (Lipinski definition) is 1. The molecule has 3 rings (SSSR count). The molecule has 2 aliphatic carbocycles. The second-order valence-corrected chi connectivity index (χ2v) is 10.6. The van der Waals surface area contributed by atoms with Crippen molar-refractivity contribution in [2.24, 2.45) is 17.3 Å². The normalized spacial score (nSPS) is 34.2. The molecule has 7 nitrogen and oxygen atoms in total. The molecule has 146 valence electrons. The van der Waals surface area contributed by atoms with E-state index in [0.717, 1.165) is 17.1 Å². The van der Waals surface area contributed by atoms with Gasteiger partial charge in [0.2, 0.25) is 10.0 Å². The summed E-state index contributed by atoms with van der Waals surface area (Å²) in [7, 11) is -2.57. The number of amides is 2. The third-order valence-corrected chi connectivity index (χ3v) is 9.78. The highest BCUT2D eigenvalue weighted by molar-refractivity contribution is 7.91. The minimum atomic E-state index is -3.80. The Labute approximate surface area is 155 Å². The van der Waals surface area contributed by atoms with Crippen LogP contribution in [0.3, 0.4) is 0 Å². The van der Waals surface area contributed by atoms with E-state index in [1.54, 1.807) is 6.92 Å². The first-order valence-corrected chi connectivity index (χ1v) is 10.5. The van der Waals surface area contributed by atoms with Gasteiger partial charge in [-0.3, -0.25) is 0 Å². The van der Waals surface area contributed by atoms with Crippen LogP contribution in [0.15, 0.2) is 12.2 Å². The van der Waals surface area contributed by atoms with Gasteiger partial charge in [-0.1, -0.05) is 19.4 Å². The van der Waals surface area contributed by atoms with Gasteiger partial charge in [-0.15, -0.1) is 6.58 Å². The Morgan fingerprint density at radius 2 is 2.00 bits per heavy atom. The highest BCUT2D eigenvalue weighted by Crippen LogP contribution is 2.69. The summed E-state index contributed by atoms with van der Waals surface area (Å²) in [5, 5.41) is 2.54. The van der Waals surface area contributed by atoms with Crippen LogP contribution in [0.5, 0.6) is 0 Å². The van der Waals surface area contributed by atoms with Crippen molar-refractivity contribution in [3.63, 3.8) is 0 Å². The van der Waals surface area contributed by atoms with Crippen molar-refractivity contribution in [1.82, 2.24) is 9.62 Å². The van der Waals surface area contributed by atoms with E-state index in [1.165, 1.54) is 7.11 Å². The average Bonchev–Trinajstić information content (AvgIpc) is 3.05. The van der Waals surface area contributed by atoms with Gasteiger partial charge in [0.15, 0.2) is 0 Å². The predicted octanol–water partition coefficient (Wildman–Crippen LogP) is 2.04. The Bertz CT molecular complexity index is 760. The molecule has 1 unspecified atom stereocenters. The number of fused-ring (bicyclic) bond motifs is 1. The fourth-order valence-electron chi connectivity index (χ4n) is 5.58. The molecule has 1 N–H and O–H groups in total. The lowest BCUT2D eigenvalue weighted by molar-refractivity contribution is -0.142. The number of hydrogen-bond acceptors (Lipinski definition) is 5. The zero-order chi connectivity index (χ0) is 19.5. The summed E-state index contributed by atoms with van der Waals surface area (Å²) in [5.41, 5.74) is 0.352. The summed E-state index contributed by atoms with van der Waals surface area (Å²) in [6.07, 6.45) is 2.53. The fourth-order valence-corrected chi connectivity index (χ4v) is 8.42. The van der Waals surface area contributed by atoms with Crippen molar-refractivity contribution in [2.45, 2.75) is 57.2 Å². The Balaban J connectivity index is 1.86. The maximum Gasteiger partial charge on any atom is 0.331 e. The fraction of sp³-hybridized carbons (Fsp3) is 0.778. The molecule has 2 amide bonds. The molecule has 3 aliphatic rings. The second-order valence-electron chi connectivity index (χ2n) is 8.50. The van der Waals surface area contributed by atoms with Crippen LogP contribution >= 0.6 is 0 Å². The lowest BCUT2D eigenvalue weighted by Crippen LogP contribution is -2.53. The first kappa shape index (κ1) is 19.2. The van der Waals surface area contributed by atoms with Crippen molar-refractivity contribution in [1.29, 1.82) is 0 Å². The Hall–Kier alpha value is -1.57. The minimum Gasteiger partial charge on any atom is -0.467 e. The molecule has 26 heavy (non-hydrogen) atoms. The van der Waals surface area contributed by atoms with Crippen LogP contribution in [-0.4, -0.2) is 49.2 Å². The van der Waals surface area contributed by atoms with Crippen LogP contribution in [-0.2, 0) is 19.6 Å². The third-order valence-electron chi connectivity index (χ3n) is 6.90. The topological polar surface area (TPSA) is 92.8 Å². The van der Waals surface area contributed by atoms with Gasteiger partial charge in [0.1, 0.15) is 10.8 Å². The SMILES string of the molecule is C=C(C)CC(NC(=O)N1C[C@@H]2C[C@@H]3CC[C@]2(C3(C)C)S1(=O)=O)C(=O)OC. The summed E-state index contributed by atoms with van der Waals surface area (Å²) in [6.45, 7) is 9.71. The highest BCUT2D eigenvalue weighted by Gasteiger charge is 2.75. The van der Waals surface area contributed by atoms with E-state index in [2.05, 4.69) is 11.9 Å². The molecule has 1 saturated heterocycles. The first-order valence-electron chi connectivity index (χ1n) is 9.04. The molecule has 1 spiro atoms. The van der Waals surface area contributed by atoms with Crippen molar-refractivity contribution >= 4 is 22.0 Å². The van der Waals surface area contributed by atoms with Crippen LogP contribution in [0.1, 0.15) is 46.5 Å². The second kappa shape index (κ2) is 5.97. The number of carbonyl (C=O) groups excluding carboxylic acids is 2. The number of rotatable bonds is 4. The summed E-state index contributed by atoms with van der Waals surface area (Å²) in [5.74, 6) is -0.263. The number of esters is 1. The summed E-state index contributed by atoms with van der Waals surface area (Å²) < 4.78 is 31.6. The van der Waals surface area contributed by atoms with Crippen LogP contribution in [0.25, 0.3) is 0 Å². The molecular weight excluding hydrogens is 356 g/mol. The molecule has 1 heterocycles. The molecule has 0 aromatic rings. The molecule has 4 atom stereocenters. The smallest absolute Gasteiger partial charge is 0.331 e. The molecule has 2 bridgehead atoms. The monoisotopic (exact) mass is 384 g/mol. The summed E-state index contributed by atoms with van der Waals surface area (Å²) in [6, 6.07) is -1.69. The predicted molar refractivity (Wildman–Crippen MR) is 96.7 cm³/mol. The molecule has 1 aliphatic heterocycles. The first-order chi connectivity index (χ1) is 12.0. The van der Waals surface area contributed by atoms with E-state index in [1.807, 2.05) is 13.8 Å². The van der Waals surface area contributed by atoms with Crippen LogP contribution in [0, 0.1) is 17.3 Å². The third kappa shape index (κ3) is 2.33. The van der Waals surface area contributed by atoms with Crippen molar-refractivity contribution < 1.29 is 22.7 Å². The molecule has 3 fully saturated rings. The maximum atomic E-state index is 13.4. The van der Waals surface area contributed by atoms with Gasteiger partial charge in [-0.25, -0.2) is 22.3 Å². The Morgan fingerprint density at radius 3 is 2.50 bits per heavy atom. The zero-order valence-electron chi connectivity index (χ0n) is 15.9. The van der Waals surface area contributed by atoms with Crippen LogP contribution in [0.2, 0.25) is 0 Å². The van der Waals surface area contributed by atoms with Gasteiger partial charge in [0.25, 0.3) is 0 Å². The van der Waals surface area contributed by atoms with Crippen molar-refractivity contribution in [3.05, 3.63) is 12.2 Å². The molecule has 0 aromatic carbocycles. The highest BCUT2D eigenvalue weighted by atomic mass is 32.2. The molecular formula is C18H28N2O5S. The van der Waals surface area contributed by atoms with Gasteiger partial charge in [0.05, 0.1) is 7.11 Å². The van der Waals surface area contributed by atoms with E-state index in [4.69, 9.17) is 4.74 Å². The molecule has 0 radical (unpaired) electrons. The van der Waals surface area contributed by atoms with Gasteiger partial charge in [-0.05, 0) is 49.9 Å². The number of nitrogens with one attached hydrogen (secondary N) is 1. The molecule has 2 saturated carbocycles. The minimum absolute atomic E-state index is 0.0373. The number of methoxy groups -OCH3 is 1. The van der Waals surface area contributed by atoms with Gasteiger partial charge in [0, 0.05) is 6.54 Å². The zero-order valence-corrected chi connectivity index (χ0v) is 16.7. The van der Waals surface area contributed by atoms with Crippen LogP contribution in [0.4, 0.5) is 4.79 Å². The van der Waals surface area contributed by atoms with E-state index in [-0.39, 0.29) is 24.3 Å². The lowest BCUT2D eigenvalue weighted by Gasteiger charge is -2.36. The number of sulfonamides is 1. The number of ether oxygens (including phenoxy) is 1. The average molecular weight is 384 g/mol. The van der Waals surface area contributed by atoms with Crippen LogP contribution < -0.4 is 5.32 Å². The number of urea groups is 1. The van der Waals surface area contributed by atoms with Gasteiger partial charge >= 0.3 is 12.0 Å². The van der Waals surface area contributed by atoms with E-state index < -0.39 is 32.8 Å². The quantitative estimate of drug-likeness (QED) is 0.591. The number of carbonyl (C=O) groups is 2. The van der Waals surface area contributed by atoms with E-state index in [0.29, 0.717) is 17.9 Å². The van der Waals surface area contributed by atoms with Crippen molar-refractivity contribution in [2.75, 3.05) is 13.7 Å². The van der Waals surface area contributed by atoms with E-state index >= 15 is 0 Å². The molecule has 8 heteroatoms. The van der Waals surface area contributed by atoms with Crippen molar-refractivity contribution in [3.8, 4) is 0 Å². The maximum absolute atomic E-state index is 13.4. The lowest BCUT2D eigenvalue weighted by atomic mass is 9.79. The Kier molecular flexibility index (Phi) is 4.41. The molecule has 0 aromatic heterocycles. The van der Waals surface area contributed by atoms with Gasteiger partial charge in [-0.2, -0.15) is 0 Å². The van der Waals surface area contributed by atoms with Gasteiger partial charge < -0.3 is 10.1 Å². The number of nitrogens with zero attached hydrogens (tertiary/aromatic N) is 1.